The van der Waals surface area contributed by atoms with Gasteiger partial charge >= 0.3 is 0 Å². The van der Waals surface area contributed by atoms with Crippen LogP contribution >= 0.6 is 0 Å². The van der Waals surface area contributed by atoms with Gasteiger partial charge in [0.1, 0.15) is 6.54 Å². The highest BCUT2D eigenvalue weighted by molar-refractivity contribution is 7.89. The van der Waals surface area contributed by atoms with E-state index in [9.17, 15) is 13.2 Å². The van der Waals surface area contributed by atoms with Crippen LogP contribution in [0.15, 0.2) is 59.5 Å². The number of anilines is 1. The number of benzene rings is 2. The predicted octanol–water partition coefficient (Wildman–Crippen LogP) is 0.425. The number of nitrogens with two attached hydrogens (primary N) is 2. The largest absolute Gasteiger partial charge is 0.333 e. The summed E-state index contributed by atoms with van der Waals surface area (Å²) in [6, 6.07) is 15.3. The molecule has 23 heavy (non-hydrogen) atoms. The third-order valence-electron chi connectivity index (χ3n) is 3.41. The summed E-state index contributed by atoms with van der Waals surface area (Å²) >= 11 is 0. The molecule has 0 heterocycles. The minimum atomic E-state index is -3.67. The number of primary sulfonamides is 1. The van der Waals surface area contributed by atoms with Gasteiger partial charge in [-0.05, 0) is 31.2 Å². The average Bonchev–Trinajstić information content (AvgIpc) is 2.53. The fraction of sp³-hybridized carbons (Fsp3) is 0.188. The first kappa shape index (κ1) is 17.1. The second-order valence-electron chi connectivity index (χ2n) is 5.27. The van der Waals surface area contributed by atoms with Crippen LogP contribution < -0.4 is 15.8 Å². The molecule has 0 aliphatic heterocycles. The SMILES string of the molecule is C[C@H]([NH2+]Cc1ccc(S(N)(=O)=O)cc1)C(=O)Nc1ccccc1. The molecular weight excluding hydrogens is 314 g/mol. The Morgan fingerprint density at radius 1 is 1.13 bits per heavy atom. The molecule has 2 aromatic rings. The Hall–Kier alpha value is -2.22. The van der Waals surface area contributed by atoms with Crippen molar-refractivity contribution in [1.29, 1.82) is 0 Å². The maximum atomic E-state index is 12.1. The molecule has 0 aliphatic rings. The molecule has 0 fully saturated rings. The van der Waals surface area contributed by atoms with Crippen LogP contribution in [0, 0.1) is 0 Å². The van der Waals surface area contributed by atoms with Crippen LogP contribution in [0.4, 0.5) is 5.69 Å². The number of amides is 1. The Bertz CT molecular complexity index is 759. The number of sulfonamides is 1. The molecule has 2 aromatic carbocycles. The van der Waals surface area contributed by atoms with Gasteiger partial charge in [0.15, 0.2) is 6.04 Å². The van der Waals surface area contributed by atoms with Crippen molar-refractivity contribution in [3.05, 3.63) is 60.2 Å². The molecule has 0 radical (unpaired) electrons. The lowest BCUT2D eigenvalue weighted by Gasteiger charge is -2.11. The first-order chi connectivity index (χ1) is 10.9. The summed E-state index contributed by atoms with van der Waals surface area (Å²) in [6.45, 7) is 2.38. The summed E-state index contributed by atoms with van der Waals surface area (Å²) in [6.07, 6.45) is 0. The van der Waals surface area contributed by atoms with Crippen LogP contribution in [0.25, 0.3) is 0 Å². The second-order valence-corrected chi connectivity index (χ2v) is 6.83. The van der Waals surface area contributed by atoms with E-state index >= 15 is 0 Å². The van der Waals surface area contributed by atoms with Gasteiger partial charge in [-0.3, -0.25) is 4.79 Å². The van der Waals surface area contributed by atoms with E-state index in [1.807, 2.05) is 42.6 Å². The first-order valence-corrected chi connectivity index (χ1v) is 8.72. The van der Waals surface area contributed by atoms with Crippen LogP contribution in [-0.2, 0) is 21.4 Å². The van der Waals surface area contributed by atoms with Crippen LogP contribution in [0.3, 0.4) is 0 Å². The van der Waals surface area contributed by atoms with Crippen molar-refractivity contribution in [2.45, 2.75) is 24.4 Å². The van der Waals surface area contributed by atoms with E-state index in [-0.39, 0.29) is 16.8 Å². The van der Waals surface area contributed by atoms with E-state index in [0.29, 0.717) is 6.54 Å². The molecule has 7 heteroatoms. The Labute approximate surface area is 135 Å². The second kappa shape index (κ2) is 7.36. The third-order valence-corrected chi connectivity index (χ3v) is 4.34. The lowest BCUT2D eigenvalue weighted by atomic mass is 10.2. The van der Waals surface area contributed by atoms with E-state index in [2.05, 4.69) is 5.32 Å². The van der Waals surface area contributed by atoms with Gasteiger partial charge in [-0.15, -0.1) is 0 Å². The normalized spacial score (nSPS) is 12.6. The Balaban J connectivity index is 1.88. The number of hydrogen-bond acceptors (Lipinski definition) is 3. The quantitative estimate of drug-likeness (QED) is 0.713. The summed E-state index contributed by atoms with van der Waals surface area (Å²) in [5.41, 5.74) is 1.67. The molecule has 0 saturated carbocycles. The summed E-state index contributed by atoms with van der Waals surface area (Å²) in [5, 5.41) is 9.77. The minimum Gasteiger partial charge on any atom is -0.333 e. The lowest BCUT2D eigenvalue weighted by Crippen LogP contribution is -2.90. The number of carbonyl (C=O) groups excluding carboxylic acids is 1. The molecule has 2 rings (SSSR count). The van der Waals surface area contributed by atoms with Gasteiger partial charge in [-0.1, -0.05) is 30.3 Å². The predicted molar refractivity (Wildman–Crippen MR) is 88.0 cm³/mol. The average molecular weight is 334 g/mol. The van der Waals surface area contributed by atoms with E-state index in [4.69, 9.17) is 5.14 Å². The number of quaternary nitrogens is 1. The molecule has 5 N–H and O–H groups in total. The third kappa shape index (κ3) is 5.17. The summed E-state index contributed by atoms with van der Waals surface area (Å²) < 4.78 is 22.4. The smallest absolute Gasteiger partial charge is 0.282 e. The van der Waals surface area contributed by atoms with Gasteiger partial charge in [-0.25, -0.2) is 13.6 Å². The maximum absolute atomic E-state index is 12.1. The van der Waals surface area contributed by atoms with Crippen molar-refractivity contribution in [3.63, 3.8) is 0 Å². The minimum absolute atomic E-state index is 0.0797. The van der Waals surface area contributed by atoms with Gasteiger partial charge in [0, 0.05) is 11.3 Å². The van der Waals surface area contributed by atoms with Crippen molar-refractivity contribution in [2.75, 3.05) is 5.32 Å². The Morgan fingerprint density at radius 2 is 1.74 bits per heavy atom. The number of nitrogens with one attached hydrogen (secondary N) is 1. The standard InChI is InChI=1S/C16H19N3O3S/c1-12(16(20)19-14-5-3-2-4-6-14)18-11-13-7-9-15(10-8-13)23(17,21)22/h2-10,12,18H,11H2,1H3,(H,19,20)(H2,17,21,22)/p+1/t12-/m0/s1. The van der Waals surface area contributed by atoms with Crippen molar-refractivity contribution >= 4 is 21.6 Å². The number of carbonyl (C=O) groups is 1. The summed E-state index contributed by atoms with van der Waals surface area (Å²) in [7, 11) is -3.67. The fourth-order valence-corrected chi connectivity index (χ4v) is 2.53. The van der Waals surface area contributed by atoms with Crippen LogP contribution in [-0.4, -0.2) is 20.4 Å². The zero-order valence-electron chi connectivity index (χ0n) is 12.8. The van der Waals surface area contributed by atoms with E-state index in [1.165, 1.54) is 12.1 Å². The topological polar surface area (TPSA) is 106 Å². The molecule has 122 valence electrons. The molecule has 0 aliphatic carbocycles. The molecule has 0 bridgehead atoms. The summed E-state index contributed by atoms with van der Waals surface area (Å²) in [4.78, 5) is 12.2. The van der Waals surface area contributed by atoms with Gasteiger partial charge in [0.25, 0.3) is 5.91 Å². The highest BCUT2D eigenvalue weighted by Gasteiger charge is 2.16. The highest BCUT2D eigenvalue weighted by Crippen LogP contribution is 2.08. The van der Waals surface area contributed by atoms with Crippen molar-refractivity contribution < 1.29 is 18.5 Å². The van der Waals surface area contributed by atoms with Gasteiger partial charge in [-0.2, -0.15) is 0 Å². The van der Waals surface area contributed by atoms with E-state index in [1.54, 1.807) is 12.1 Å². The van der Waals surface area contributed by atoms with Crippen LogP contribution in [0.2, 0.25) is 0 Å². The van der Waals surface area contributed by atoms with Gasteiger partial charge < -0.3 is 10.6 Å². The Morgan fingerprint density at radius 3 is 2.30 bits per heavy atom. The fourth-order valence-electron chi connectivity index (χ4n) is 2.01. The molecular formula is C16H20N3O3S+. The van der Waals surface area contributed by atoms with Gasteiger partial charge in [0.2, 0.25) is 10.0 Å². The number of hydrogen-bond donors (Lipinski definition) is 3. The van der Waals surface area contributed by atoms with Gasteiger partial charge in [0.05, 0.1) is 4.90 Å². The van der Waals surface area contributed by atoms with Crippen LogP contribution in [0.1, 0.15) is 12.5 Å². The first-order valence-electron chi connectivity index (χ1n) is 7.17. The molecule has 0 unspecified atom stereocenters. The highest BCUT2D eigenvalue weighted by atomic mass is 32.2. The zero-order valence-corrected chi connectivity index (χ0v) is 13.6. The molecule has 1 atom stereocenters. The monoisotopic (exact) mass is 334 g/mol. The van der Waals surface area contributed by atoms with Crippen LogP contribution in [0.5, 0.6) is 0 Å². The van der Waals surface area contributed by atoms with Crippen molar-refractivity contribution in [3.8, 4) is 0 Å². The van der Waals surface area contributed by atoms with Crippen molar-refractivity contribution in [2.24, 2.45) is 5.14 Å². The van der Waals surface area contributed by atoms with Crippen molar-refractivity contribution in [1.82, 2.24) is 0 Å². The molecule has 1 amide bonds. The molecule has 0 spiro atoms. The number of para-hydroxylation sites is 1. The molecule has 0 aromatic heterocycles. The molecule has 6 nitrogen and oxygen atoms in total. The Kier molecular flexibility index (Phi) is 5.49. The van der Waals surface area contributed by atoms with E-state index < -0.39 is 10.0 Å². The summed E-state index contributed by atoms with van der Waals surface area (Å²) in [5.74, 6) is -0.0858. The molecule has 0 saturated heterocycles. The number of rotatable bonds is 6. The zero-order chi connectivity index (χ0) is 16.9. The maximum Gasteiger partial charge on any atom is 0.282 e. The van der Waals surface area contributed by atoms with E-state index in [0.717, 1.165) is 11.3 Å². The lowest BCUT2D eigenvalue weighted by molar-refractivity contribution is -0.688.